The second-order valence-corrected chi connectivity index (χ2v) is 4.50. The molecule has 0 bridgehead atoms. The van der Waals surface area contributed by atoms with Crippen LogP contribution in [0.3, 0.4) is 0 Å². The van der Waals surface area contributed by atoms with Gasteiger partial charge in [-0.05, 0) is 38.1 Å². The molecule has 102 valence electrons. The smallest absolute Gasteiger partial charge is 0.271 e. The highest BCUT2D eigenvalue weighted by Gasteiger charge is 2.06. The number of amides is 1. The van der Waals surface area contributed by atoms with E-state index in [-0.39, 0.29) is 5.91 Å². The molecule has 2 aromatic carbocycles. The van der Waals surface area contributed by atoms with Crippen molar-refractivity contribution in [1.29, 1.82) is 0 Å². The Morgan fingerprint density at radius 2 is 1.60 bits per heavy atom. The van der Waals surface area contributed by atoms with Gasteiger partial charge in [0.2, 0.25) is 0 Å². The number of anilines is 2. The monoisotopic (exact) mass is 267 g/mol. The Labute approximate surface area is 118 Å². The average Bonchev–Trinajstić information content (AvgIpc) is 2.48. The predicted octanol–water partition coefficient (Wildman–Crippen LogP) is 3.42. The van der Waals surface area contributed by atoms with E-state index >= 15 is 0 Å². The van der Waals surface area contributed by atoms with Crippen LogP contribution in [0.2, 0.25) is 0 Å². The third-order valence-electron chi connectivity index (χ3n) is 2.76. The minimum atomic E-state index is -0.225. The molecule has 0 saturated heterocycles. The molecule has 0 aliphatic rings. The second kappa shape index (κ2) is 6.52. The molecule has 2 rings (SSSR count). The maximum absolute atomic E-state index is 11.9. The summed E-state index contributed by atoms with van der Waals surface area (Å²) in [4.78, 5) is 11.9. The van der Waals surface area contributed by atoms with Crippen molar-refractivity contribution >= 4 is 23.0 Å². The number of hydrogen-bond acceptors (Lipinski definition) is 3. The predicted molar refractivity (Wildman–Crippen MR) is 83.0 cm³/mol. The molecule has 0 atom stereocenters. The van der Waals surface area contributed by atoms with Gasteiger partial charge >= 0.3 is 0 Å². The van der Waals surface area contributed by atoms with Crippen LogP contribution in [0.5, 0.6) is 0 Å². The first-order valence-electron chi connectivity index (χ1n) is 6.38. The maximum atomic E-state index is 11.9. The van der Waals surface area contributed by atoms with Crippen LogP contribution in [0.4, 0.5) is 11.4 Å². The number of aryl methyl sites for hydroxylation is 1. The molecule has 0 radical (unpaired) electrons. The van der Waals surface area contributed by atoms with Crippen LogP contribution in [0.15, 0.2) is 59.7 Å². The zero-order valence-corrected chi connectivity index (χ0v) is 11.6. The fourth-order valence-corrected chi connectivity index (χ4v) is 1.57. The van der Waals surface area contributed by atoms with E-state index in [9.17, 15) is 4.79 Å². The van der Waals surface area contributed by atoms with Gasteiger partial charge in [0, 0.05) is 5.69 Å². The number of hydrazone groups is 1. The van der Waals surface area contributed by atoms with E-state index in [0.29, 0.717) is 5.71 Å². The first kappa shape index (κ1) is 13.8. The lowest BCUT2D eigenvalue weighted by atomic mass is 10.2. The van der Waals surface area contributed by atoms with Gasteiger partial charge in [-0.1, -0.05) is 35.9 Å². The molecule has 20 heavy (non-hydrogen) atoms. The highest BCUT2D eigenvalue weighted by Crippen LogP contribution is 2.09. The van der Waals surface area contributed by atoms with Crippen LogP contribution < -0.4 is 10.7 Å². The van der Waals surface area contributed by atoms with Crippen LogP contribution in [0.1, 0.15) is 12.5 Å². The third-order valence-corrected chi connectivity index (χ3v) is 2.76. The van der Waals surface area contributed by atoms with E-state index in [1.54, 1.807) is 6.92 Å². The largest absolute Gasteiger partial charge is 0.321 e. The fourth-order valence-electron chi connectivity index (χ4n) is 1.57. The molecular formula is C16H17N3O. The average molecular weight is 267 g/mol. The Hall–Kier alpha value is -2.62. The summed E-state index contributed by atoms with van der Waals surface area (Å²) in [6.07, 6.45) is 0. The van der Waals surface area contributed by atoms with Crippen molar-refractivity contribution in [2.75, 3.05) is 10.7 Å². The summed E-state index contributed by atoms with van der Waals surface area (Å²) in [7, 11) is 0. The highest BCUT2D eigenvalue weighted by atomic mass is 16.1. The molecule has 2 aromatic rings. The first-order chi connectivity index (χ1) is 9.65. The van der Waals surface area contributed by atoms with E-state index in [4.69, 9.17) is 0 Å². The Morgan fingerprint density at radius 1 is 0.950 bits per heavy atom. The standard InChI is InChI=1S/C16H17N3O/c1-12-8-10-14(11-9-12)17-16(20)13(2)18-19-15-6-4-3-5-7-15/h3-11,19H,1-2H3,(H,17,20). The van der Waals surface area contributed by atoms with Crippen LogP contribution >= 0.6 is 0 Å². The van der Waals surface area contributed by atoms with E-state index in [1.807, 2.05) is 61.5 Å². The van der Waals surface area contributed by atoms with Gasteiger partial charge in [-0.25, -0.2) is 0 Å². The lowest BCUT2D eigenvalue weighted by Gasteiger charge is -2.06. The summed E-state index contributed by atoms with van der Waals surface area (Å²) >= 11 is 0. The number of para-hydroxylation sites is 1. The van der Waals surface area contributed by atoms with Crippen LogP contribution in [0.25, 0.3) is 0 Å². The number of nitrogens with one attached hydrogen (secondary N) is 2. The molecule has 0 aliphatic heterocycles. The maximum Gasteiger partial charge on any atom is 0.271 e. The number of carbonyl (C=O) groups is 1. The first-order valence-corrected chi connectivity index (χ1v) is 6.38. The van der Waals surface area contributed by atoms with Gasteiger partial charge in [0.25, 0.3) is 5.91 Å². The van der Waals surface area contributed by atoms with Crippen LogP contribution in [0, 0.1) is 6.92 Å². The van der Waals surface area contributed by atoms with Gasteiger partial charge in [-0.2, -0.15) is 5.10 Å². The molecule has 1 amide bonds. The summed E-state index contributed by atoms with van der Waals surface area (Å²) in [6, 6.07) is 17.1. The molecule has 0 aliphatic carbocycles. The molecule has 0 fully saturated rings. The van der Waals surface area contributed by atoms with Crippen LogP contribution in [-0.4, -0.2) is 11.6 Å². The fraction of sp³-hybridized carbons (Fsp3) is 0.125. The Balaban J connectivity index is 1.96. The summed E-state index contributed by atoms with van der Waals surface area (Å²) in [6.45, 7) is 3.67. The van der Waals surface area contributed by atoms with Gasteiger partial charge in [0.05, 0.1) is 5.69 Å². The molecule has 0 unspecified atom stereocenters. The molecule has 0 saturated carbocycles. The van der Waals surface area contributed by atoms with E-state index in [0.717, 1.165) is 16.9 Å². The van der Waals surface area contributed by atoms with Gasteiger partial charge < -0.3 is 5.32 Å². The zero-order chi connectivity index (χ0) is 14.4. The van der Waals surface area contributed by atoms with Crippen molar-refractivity contribution < 1.29 is 4.79 Å². The summed E-state index contributed by atoms with van der Waals surface area (Å²) in [5, 5.41) is 6.86. The Kier molecular flexibility index (Phi) is 4.50. The minimum Gasteiger partial charge on any atom is -0.321 e. The van der Waals surface area contributed by atoms with E-state index in [2.05, 4.69) is 15.8 Å². The SMILES string of the molecule is CC(=NNc1ccccc1)C(=O)Nc1ccc(C)cc1. The molecule has 0 spiro atoms. The van der Waals surface area contributed by atoms with Crippen molar-refractivity contribution in [2.24, 2.45) is 5.10 Å². The van der Waals surface area contributed by atoms with Gasteiger partial charge in [-0.3, -0.25) is 10.2 Å². The van der Waals surface area contributed by atoms with Gasteiger partial charge in [0.15, 0.2) is 0 Å². The normalized spacial score (nSPS) is 11.0. The minimum absolute atomic E-state index is 0.225. The highest BCUT2D eigenvalue weighted by molar-refractivity contribution is 6.42. The number of carbonyl (C=O) groups excluding carboxylic acids is 1. The molecule has 4 nitrogen and oxygen atoms in total. The number of hydrogen-bond donors (Lipinski definition) is 2. The van der Waals surface area contributed by atoms with Crippen molar-refractivity contribution in [3.8, 4) is 0 Å². The van der Waals surface area contributed by atoms with Gasteiger partial charge in [-0.15, -0.1) is 0 Å². The number of nitrogens with zero attached hydrogens (tertiary/aromatic N) is 1. The van der Waals surface area contributed by atoms with Crippen molar-refractivity contribution in [1.82, 2.24) is 0 Å². The molecule has 4 heteroatoms. The van der Waals surface area contributed by atoms with E-state index < -0.39 is 0 Å². The zero-order valence-electron chi connectivity index (χ0n) is 11.6. The van der Waals surface area contributed by atoms with Gasteiger partial charge in [0.1, 0.15) is 5.71 Å². The van der Waals surface area contributed by atoms with Crippen molar-refractivity contribution in [3.05, 3.63) is 60.2 Å². The van der Waals surface area contributed by atoms with Crippen molar-refractivity contribution in [3.63, 3.8) is 0 Å². The second-order valence-electron chi connectivity index (χ2n) is 4.50. The van der Waals surface area contributed by atoms with E-state index in [1.165, 1.54) is 0 Å². The molecular weight excluding hydrogens is 250 g/mol. The van der Waals surface area contributed by atoms with Crippen LogP contribution in [-0.2, 0) is 4.79 Å². The number of benzene rings is 2. The third kappa shape index (κ3) is 3.95. The molecule has 2 N–H and O–H groups in total. The summed E-state index contributed by atoms with van der Waals surface area (Å²) in [5.41, 5.74) is 5.97. The molecule has 0 heterocycles. The number of rotatable bonds is 4. The summed E-state index contributed by atoms with van der Waals surface area (Å²) < 4.78 is 0. The lowest BCUT2D eigenvalue weighted by Crippen LogP contribution is -2.21. The Bertz CT molecular complexity index is 603. The topological polar surface area (TPSA) is 53.5 Å². The Morgan fingerprint density at radius 3 is 2.25 bits per heavy atom. The lowest BCUT2D eigenvalue weighted by molar-refractivity contribution is -0.110. The molecule has 0 aromatic heterocycles. The summed E-state index contributed by atoms with van der Waals surface area (Å²) in [5.74, 6) is -0.225. The van der Waals surface area contributed by atoms with Crippen molar-refractivity contribution in [2.45, 2.75) is 13.8 Å². The quantitative estimate of drug-likeness (QED) is 0.658.